The Labute approximate surface area is 158 Å². The van der Waals surface area contributed by atoms with E-state index in [0.29, 0.717) is 0 Å². The predicted octanol–water partition coefficient (Wildman–Crippen LogP) is 3.98. The molecule has 0 atom stereocenters. The van der Waals surface area contributed by atoms with Crippen LogP contribution in [0.5, 0.6) is 0 Å². The van der Waals surface area contributed by atoms with Crippen molar-refractivity contribution < 1.29 is 9.59 Å². The summed E-state index contributed by atoms with van der Waals surface area (Å²) in [4.78, 5) is 26.0. The predicted molar refractivity (Wildman–Crippen MR) is 106 cm³/mol. The summed E-state index contributed by atoms with van der Waals surface area (Å²) in [5.74, 6) is 0.0936. The van der Waals surface area contributed by atoms with Gasteiger partial charge in [0.25, 0.3) is 11.8 Å². The fourth-order valence-corrected chi connectivity index (χ4v) is 2.32. The van der Waals surface area contributed by atoms with Crippen LogP contribution in [0.2, 0.25) is 0 Å². The Bertz CT molecular complexity index is 693. The van der Waals surface area contributed by atoms with Gasteiger partial charge in [0.05, 0.1) is 0 Å². The minimum absolute atomic E-state index is 0.0427. The Morgan fingerprint density at radius 2 is 1.12 bits per heavy atom. The molecule has 25 heavy (non-hydrogen) atoms. The van der Waals surface area contributed by atoms with Crippen molar-refractivity contribution in [1.82, 2.24) is 9.80 Å². The number of amides is 2. The van der Waals surface area contributed by atoms with E-state index in [0.717, 1.165) is 16.5 Å². The average molecular weight is 405 g/mol. The summed E-state index contributed by atoms with van der Waals surface area (Å²) >= 11 is 3.35. The number of rotatable bonds is 3. The molecule has 2 aromatic carbocycles. The Kier molecular flexibility index (Phi) is 8.35. The van der Waals surface area contributed by atoms with Gasteiger partial charge in [-0.2, -0.15) is 0 Å². The Morgan fingerprint density at radius 1 is 0.760 bits per heavy atom. The van der Waals surface area contributed by atoms with Gasteiger partial charge in [0.2, 0.25) is 0 Å². The van der Waals surface area contributed by atoms with E-state index in [9.17, 15) is 9.59 Å². The summed E-state index contributed by atoms with van der Waals surface area (Å²) < 4.78 is 0. The van der Waals surface area contributed by atoms with Gasteiger partial charge in [-0.3, -0.25) is 9.59 Å². The van der Waals surface area contributed by atoms with Crippen LogP contribution >= 0.6 is 15.9 Å². The highest BCUT2D eigenvalue weighted by Crippen LogP contribution is 2.09. The number of nitrogens with zero attached hydrogens (tertiary/aromatic N) is 2. The van der Waals surface area contributed by atoms with Crippen LogP contribution in [0.15, 0.2) is 48.5 Å². The molecular formula is C20H25BrN2O2. The first-order valence-corrected chi connectivity index (χ1v) is 9.03. The molecule has 0 aromatic heterocycles. The molecule has 0 bridgehead atoms. The van der Waals surface area contributed by atoms with Crippen molar-refractivity contribution in [2.45, 2.75) is 12.3 Å². The van der Waals surface area contributed by atoms with Crippen molar-refractivity contribution in [2.24, 2.45) is 0 Å². The van der Waals surface area contributed by atoms with Crippen LogP contribution in [-0.4, -0.2) is 49.8 Å². The van der Waals surface area contributed by atoms with Crippen LogP contribution < -0.4 is 0 Å². The lowest BCUT2D eigenvalue weighted by molar-refractivity contribution is 0.0820. The monoisotopic (exact) mass is 404 g/mol. The second kappa shape index (κ2) is 9.99. The fourth-order valence-electron chi connectivity index (χ4n) is 1.95. The number of carbonyl (C=O) groups is 2. The standard InChI is InChI=1S/C10H12BrNO.C10H13NO/c1-12(2)10(13)9-5-3-8(7-11)4-6-9;1-8-4-6-9(7-5-8)10(12)11(2)3/h3-6H,7H2,1-2H3;4-7H,1-3H3. The van der Waals surface area contributed by atoms with E-state index in [2.05, 4.69) is 15.9 Å². The van der Waals surface area contributed by atoms with E-state index in [1.807, 2.05) is 55.5 Å². The molecular weight excluding hydrogens is 380 g/mol. The molecule has 0 radical (unpaired) electrons. The first kappa shape index (κ1) is 20.9. The third-order valence-corrected chi connectivity index (χ3v) is 4.11. The number of hydrogen-bond donors (Lipinski definition) is 0. The lowest BCUT2D eigenvalue weighted by Crippen LogP contribution is -2.21. The number of alkyl halides is 1. The molecule has 0 aliphatic carbocycles. The molecule has 0 N–H and O–H groups in total. The van der Waals surface area contributed by atoms with Gasteiger partial charge in [0.15, 0.2) is 0 Å². The minimum Gasteiger partial charge on any atom is -0.345 e. The topological polar surface area (TPSA) is 40.6 Å². The lowest BCUT2D eigenvalue weighted by atomic mass is 10.1. The van der Waals surface area contributed by atoms with Gasteiger partial charge >= 0.3 is 0 Å². The quantitative estimate of drug-likeness (QED) is 0.725. The molecule has 2 amide bonds. The van der Waals surface area contributed by atoms with Crippen LogP contribution in [-0.2, 0) is 5.33 Å². The van der Waals surface area contributed by atoms with Gasteiger partial charge in [-0.15, -0.1) is 0 Å². The largest absolute Gasteiger partial charge is 0.345 e. The molecule has 0 aliphatic rings. The molecule has 0 saturated carbocycles. The molecule has 2 rings (SSSR count). The SMILES string of the molecule is CN(C)C(=O)c1ccc(CBr)cc1.Cc1ccc(C(=O)N(C)C)cc1. The van der Waals surface area contributed by atoms with Gasteiger partial charge in [0, 0.05) is 44.6 Å². The highest BCUT2D eigenvalue weighted by Gasteiger charge is 2.06. The van der Waals surface area contributed by atoms with Crippen LogP contribution in [0.4, 0.5) is 0 Å². The van der Waals surface area contributed by atoms with E-state index in [1.165, 1.54) is 11.1 Å². The summed E-state index contributed by atoms with van der Waals surface area (Å²) in [6.07, 6.45) is 0. The van der Waals surface area contributed by atoms with Gasteiger partial charge in [-0.25, -0.2) is 0 Å². The van der Waals surface area contributed by atoms with E-state index < -0.39 is 0 Å². The van der Waals surface area contributed by atoms with Crippen molar-refractivity contribution in [3.63, 3.8) is 0 Å². The maximum Gasteiger partial charge on any atom is 0.253 e. The highest BCUT2D eigenvalue weighted by atomic mass is 79.9. The van der Waals surface area contributed by atoms with E-state index in [-0.39, 0.29) is 11.8 Å². The molecule has 5 heteroatoms. The molecule has 0 heterocycles. The molecule has 0 unspecified atom stereocenters. The molecule has 0 fully saturated rings. The van der Waals surface area contributed by atoms with Gasteiger partial charge in [-0.05, 0) is 36.8 Å². The highest BCUT2D eigenvalue weighted by molar-refractivity contribution is 9.08. The molecule has 4 nitrogen and oxygen atoms in total. The van der Waals surface area contributed by atoms with Crippen molar-refractivity contribution in [1.29, 1.82) is 0 Å². The van der Waals surface area contributed by atoms with E-state index in [1.54, 1.807) is 38.0 Å². The van der Waals surface area contributed by atoms with Crippen molar-refractivity contribution in [2.75, 3.05) is 28.2 Å². The van der Waals surface area contributed by atoms with Crippen LogP contribution in [0, 0.1) is 6.92 Å². The Morgan fingerprint density at radius 3 is 1.44 bits per heavy atom. The van der Waals surface area contributed by atoms with Crippen LogP contribution in [0.3, 0.4) is 0 Å². The fraction of sp³-hybridized carbons (Fsp3) is 0.300. The third kappa shape index (κ3) is 6.70. The first-order chi connectivity index (χ1) is 11.8. The second-order valence-corrected chi connectivity index (χ2v) is 6.66. The first-order valence-electron chi connectivity index (χ1n) is 7.91. The normalized spacial score (nSPS) is 9.68. The van der Waals surface area contributed by atoms with Crippen LogP contribution in [0.25, 0.3) is 0 Å². The number of hydrogen-bond acceptors (Lipinski definition) is 2. The summed E-state index contributed by atoms with van der Waals surface area (Å²) in [5.41, 5.74) is 3.82. The second-order valence-electron chi connectivity index (χ2n) is 6.10. The number of aryl methyl sites for hydroxylation is 1. The molecule has 0 aliphatic heterocycles. The summed E-state index contributed by atoms with van der Waals surface area (Å²) in [5, 5.41) is 0.823. The molecule has 134 valence electrons. The number of halogens is 1. The number of benzene rings is 2. The summed E-state index contributed by atoms with van der Waals surface area (Å²) in [6.45, 7) is 2.00. The van der Waals surface area contributed by atoms with E-state index >= 15 is 0 Å². The van der Waals surface area contributed by atoms with Gasteiger partial charge < -0.3 is 9.80 Å². The van der Waals surface area contributed by atoms with Crippen molar-refractivity contribution >= 4 is 27.7 Å². The minimum atomic E-state index is 0.0427. The third-order valence-electron chi connectivity index (χ3n) is 3.47. The molecule has 2 aromatic rings. The zero-order chi connectivity index (χ0) is 19.0. The zero-order valence-electron chi connectivity index (χ0n) is 15.4. The maximum atomic E-state index is 11.5. The molecule has 0 spiro atoms. The summed E-state index contributed by atoms with van der Waals surface area (Å²) in [6, 6.07) is 15.2. The maximum absolute atomic E-state index is 11.5. The number of carbonyl (C=O) groups excluding carboxylic acids is 2. The summed E-state index contributed by atoms with van der Waals surface area (Å²) in [7, 11) is 7.01. The Balaban J connectivity index is 0.000000251. The smallest absolute Gasteiger partial charge is 0.253 e. The lowest BCUT2D eigenvalue weighted by Gasteiger charge is -2.09. The van der Waals surface area contributed by atoms with Crippen LogP contribution in [0.1, 0.15) is 31.8 Å². The van der Waals surface area contributed by atoms with Gasteiger partial charge in [0.1, 0.15) is 0 Å². The Hall–Kier alpha value is -2.14. The van der Waals surface area contributed by atoms with Crippen molar-refractivity contribution in [3.8, 4) is 0 Å². The zero-order valence-corrected chi connectivity index (χ0v) is 17.0. The van der Waals surface area contributed by atoms with Crippen molar-refractivity contribution in [3.05, 3.63) is 70.8 Å². The average Bonchev–Trinajstić information content (AvgIpc) is 2.61. The van der Waals surface area contributed by atoms with Gasteiger partial charge in [-0.1, -0.05) is 45.8 Å². The molecule has 0 saturated heterocycles. The van der Waals surface area contributed by atoms with E-state index in [4.69, 9.17) is 0 Å².